The minimum absolute atomic E-state index is 0.454. The van der Waals surface area contributed by atoms with Crippen molar-refractivity contribution in [2.45, 2.75) is 26.2 Å². The second kappa shape index (κ2) is 4.14. The number of hydrogen-bond acceptors (Lipinski definition) is 1. The monoisotopic (exact) mass is 190 g/mol. The fraction of sp³-hybridized carbons (Fsp3) is 0.538. The van der Waals surface area contributed by atoms with Crippen LogP contribution in [0.1, 0.15) is 25.3 Å². The molecule has 0 saturated carbocycles. The van der Waals surface area contributed by atoms with Crippen molar-refractivity contribution in [1.82, 2.24) is 0 Å². The van der Waals surface area contributed by atoms with Gasteiger partial charge >= 0.3 is 0 Å². The van der Waals surface area contributed by atoms with Gasteiger partial charge in [0.25, 0.3) is 0 Å². The highest BCUT2D eigenvalue weighted by Crippen LogP contribution is 2.36. The van der Waals surface area contributed by atoms with Gasteiger partial charge in [-0.2, -0.15) is 0 Å². The predicted octanol–water partition coefficient (Wildman–Crippen LogP) is 3.05. The molecular formula is C13H18O. The molecule has 0 amide bonds. The highest BCUT2D eigenvalue weighted by Gasteiger charge is 2.37. The van der Waals surface area contributed by atoms with Crippen LogP contribution in [0.2, 0.25) is 0 Å². The minimum Gasteiger partial charge on any atom is -0.380 e. The first-order valence-electron chi connectivity index (χ1n) is 5.46. The van der Waals surface area contributed by atoms with Gasteiger partial charge in [0.05, 0.1) is 13.2 Å². The van der Waals surface area contributed by atoms with Gasteiger partial charge in [-0.05, 0) is 18.4 Å². The summed E-state index contributed by atoms with van der Waals surface area (Å²) in [7, 11) is 0. The molecule has 1 fully saturated rings. The molecule has 2 rings (SSSR count). The molecular weight excluding hydrogens is 172 g/mol. The quantitative estimate of drug-likeness (QED) is 0.709. The molecule has 14 heavy (non-hydrogen) atoms. The van der Waals surface area contributed by atoms with Gasteiger partial charge in [-0.3, -0.25) is 0 Å². The maximum absolute atomic E-state index is 5.36. The van der Waals surface area contributed by atoms with E-state index in [1.165, 1.54) is 24.8 Å². The van der Waals surface area contributed by atoms with Gasteiger partial charge in [-0.15, -0.1) is 0 Å². The average Bonchev–Trinajstić information content (AvgIpc) is 2.16. The molecule has 1 aromatic carbocycles. The van der Waals surface area contributed by atoms with Crippen molar-refractivity contribution in [2.75, 3.05) is 13.2 Å². The Balaban J connectivity index is 2.01. The molecule has 0 N–H and O–H groups in total. The zero-order valence-corrected chi connectivity index (χ0v) is 8.83. The number of hydrogen-bond donors (Lipinski definition) is 0. The van der Waals surface area contributed by atoms with Crippen LogP contribution < -0.4 is 0 Å². The lowest BCUT2D eigenvalue weighted by Crippen LogP contribution is -2.44. The van der Waals surface area contributed by atoms with Gasteiger partial charge in [0.2, 0.25) is 0 Å². The third-order valence-electron chi connectivity index (χ3n) is 3.02. The zero-order valence-electron chi connectivity index (χ0n) is 8.83. The van der Waals surface area contributed by atoms with Crippen molar-refractivity contribution in [3.05, 3.63) is 35.9 Å². The molecule has 1 nitrogen and oxygen atoms in total. The first kappa shape index (κ1) is 9.72. The molecule has 1 saturated heterocycles. The predicted molar refractivity (Wildman–Crippen MR) is 58.3 cm³/mol. The van der Waals surface area contributed by atoms with Gasteiger partial charge < -0.3 is 4.74 Å². The Kier molecular flexibility index (Phi) is 2.87. The second-order valence-corrected chi connectivity index (χ2v) is 4.41. The van der Waals surface area contributed by atoms with Crippen molar-refractivity contribution in [2.24, 2.45) is 5.41 Å². The van der Waals surface area contributed by atoms with Crippen molar-refractivity contribution in [1.29, 1.82) is 0 Å². The molecule has 1 aromatic rings. The molecule has 76 valence electrons. The Morgan fingerprint density at radius 3 is 2.43 bits per heavy atom. The molecule has 0 spiro atoms. The first-order valence-corrected chi connectivity index (χ1v) is 5.46. The molecule has 1 heterocycles. The molecule has 1 aliphatic heterocycles. The van der Waals surface area contributed by atoms with Crippen LogP contribution in [0, 0.1) is 5.41 Å². The van der Waals surface area contributed by atoms with E-state index in [9.17, 15) is 0 Å². The number of rotatable bonds is 4. The van der Waals surface area contributed by atoms with E-state index in [4.69, 9.17) is 4.74 Å². The van der Waals surface area contributed by atoms with E-state index in [0.29, 0.717) is 5.41 Å². The highest BCUT2D eigenvalue weighted by atomic mass is 16.5. The summed E-state index contributed by atoms with van der Waals surface area (Å²) in [5, 5.41) is 0. The summed E-state index contributed by atoms with van der Waals surface area (Å²) < 4.78 is 5.36. The van der Waals surface area contributed by atoms with Gasteiger partial charge in [0, 0.05) is 5.41 Å². The van der Waals surface area contributed by atoms with Gasteiger partial charge in [0.1, 0.15) is 0 Å². The first-order chi connectivity index (χ1) is 6.85. The van der Waals surface area contributed by atoms with E-state index in [0.717, 1.165) is 13.2 Å². The van der Waals surface area contributed by atoms with Crippen molar-refractivity contribution < 1.29 is 4.74 Å². The van der Waals surface area contributed by atoms with Crippen molar-refractivity contribution >= 4 is 0 Å². The molecule has 0 bridgehead atoms. The standard InChI is InChI=1S/C13H18O/c1-2-8-13(10-14-11-13)9-12-6-4-3-5-7-12/h3-7H,2,8-11H2,1H3. The summed E-state index contributed by atoms with van der Waals surface area (Å²) in [4.78, 5) is 0. The lowest BCUT2D eigenvalue weighted by atomic mass is 9.76. The topological polar surface area (TPSA) is 9.23 Å². The minimum atomic E-state index is 0.454. The number of benzene rings is 1. The van der Waals surface area contributed by atoms with Crippen LogP contribution in [0.3, 0.4) is 0 Å². The largest absolute Gasteiger partial charge is 0.380 e. The van der Waals surface area contributed by atoms with E-state index in [2.05, 4.69) is 37.3 Å². The fourth-order valence-corrected chi connectivity index (χ4v) is 2.28. The zero-order chi connectivity index (χ0) is 9.86. The summed E-state index contributed by atoms with van der Waals surface area (Å²) in [6.07, 6.45) is 3.74. The molecule has 0 radical (unpaired) electrons. The Morgan fingerprint density at radius 2 is 1.93 bits per heavy atom. The fourth-order valence-electron chi connectivity index (χ4n) is 2.28. The maximum atomic E-state index is 5.36. The summed E-state index contributed by atoms with van der Waals surface area (Å²) in [5.41, 5.74) is 1.90. The average molecular weight is 190 g/mol. The van der Waals surface area contributed by atoms with E-state index in [1.54, 1.807) is 0 Å². The SMILES string of the molecule is CCCC1(Cc2ccccc2)COC1. The Hall–Kier alpha value is -0.820. The molecule has 0 aliphatic carbocycles. The van der Waals surface area contributed by atoms with Crippen molar-refractivity contribution in [3.8, 4) is 0 Å². The molecule has 1 heteroatoms. The van der Waals surface area contributed by atoms with Crippen LogP contribution in [-0.4, -0.2) is 13.2 Å². The van der Waals surface area contributed by atoms with Crippen molar-refractivity contribution in [3.63, 3.8) is 0 Å². The lowest BCUT2D eigenvalue weighted by Gasteiger charge is -2.41. The Morgan fingerprint density at radius 1 is 1.21 bits per heavy atom. The third-order valence-corrected chi connectivity index (χ3v) is 3.02. The van der Waals surface area contributed by atoms with Crippen LogP contribution in [0.5, 0.6) is 0 Å². The summed E-state index contributed by atoms with van der Waals surface area (Å²) in [6.45, 7) is 4.16. The van der Waals surface area contributed by atoms with Gasteiger partial charge in [-0.25, -0.2) is 0 Å². The Bertz CT molecular complexity index is 275. The maximum Gasteiger partial charge on any atom is 0.0548 e. The van der Waals surface area contributed by atoms with E-state index in [-0.39, 0.29) is 0 Å². The van der Waals surface area contributed by atoms with E-state index < -0.39 is 0 Å². The molecule has 1 aliphatic rings. The van der Waals surface area contributed by atoms with Gasteiger partial charge in [-0.1, -0.05) is 43.7 Å². The third kappa shape index (κ3) is 1.98. The molecule has 0 unspecified atom stereocenters. The Labute approximate surface area is 86.1 Å². The summed E-state index contributed by atoms with van der Waals surface area (Å²) in [5.74, 6) is 0. The summed E-state index contributed by atoms with van der Waals surface area (Å²) in [6, 6.07) is 10.8. The summed E-state index contributed by atoms with van der Waals surface area (Å²) >= 11 is 0. The molecule has 0 aromatic heterocycles. The van der Waals surface area contributed by atoms with Gasteiger partial charge in [0.15, 0.2) is 0 Å². The van der Waals surface area contributed by atoms with Crippen LogP contribution in [0.4, 0.5) is 0 Å². The highest BCUT2D eigenvalue weighted by molar-refractivity contribution is 5.17. The second-order valence-electron chi connectivity index (χ2n) is 4.41. The van der Waals surface area contributed by atoms with Crippen LogP contribution >= 0.6 is 0 Å². The van der Waals surface area contributed by atoms with Crippen LogP contribution in [0.15, 0.2) is 30.3 Å². The molecule has 0 atom stereocenters. The van der Waals surface area contributed by atoms with E-state index >= 15 is 0 Å². The number of ether oxygens (including phenoxy) is 1. The lowest BCUT2D eigenvalue weighted by molar-refractivity contribution is -0.117. The van der Waals surface area contributed by atoms with E-state index in [1.807, 2.05) is 0 Å². The van der Waals surface area contributed by atoms with Crippen LogP contribution in [-0.2, 0) is 11.2 Å². The normalized spacial score (nSPS) is 18.9. The smallest absolute Gasteiger partial charge is 0.0548 e. The van der Waals surface area contributed by atoms with Crippen LogP contribution in [0.25, 0.3) is 0 Å².